The molecule has 0 aliphatic carbocycles. The van der Waals surface area contributed by atoms with Crippen LogP contribution in [0.2, 0.25) is 0 Å². The van der Waals surface area contributed by atoms with Crippen LogP contribution in [0.5, 0.6) is 0 Å². The molecule has 122 valence electrons. The Balaban J connectivity index is 1.84. The third-order valence-corrected chi connectivity index (χ3v) is 3.11. The topological polar surface area (TPSA) is 76.1 Å². The zero-order chi connectivity index (χ0) is 16.5. The van der Waals surface area contributed by atoms with Crippen molar-refractivity contribution in [1.82, 2.24) is 15.3 Å². The predicted octanol–water partition coefficient (Wildman–Crippen LogP) is 1.99. The molecule has 0 bridgehead atoms. The Bertz CT molecular complexity index is 634. The van der Waals surface area contributed by atoms with Gasteiger partial charge in [-0.15, -0.1) is 0 Å². The molecule has 0 aliphatic rings. The average Bonchev–Trinajstić information content (AvgIpc) is 2.58. The van der Waals surface area contributed by atoms with Crippen LogP contribution in [-0.2, 0) is 11.3 Å². The second-order valence-corrected chi connectivity index (χ2v) is 4.83. The Morgan fingerprint density at radius 1 is 1.26 bits per heavy atom. The van der Waals surface area contributed by atoms with Gasteiger partial charge in [0.1, 0.15) is 17.3 Å². The zero-order valence-electron chi connectivity index (χ0n) is 12.9. The molecule has 1 aromatic heterocycles. The molecule has 2 N–H and O–H groups in total. The Kier molecular flexibility index (Phi) is 6.43. The van der Waals surface area contributed by atoms with Crippen molar-refractivity contribution in [3.63, 3.8) is 0 Å². The molecular formula is C16H19FN4O2. The third-order valence-electron chi connectivity index (χ3n) is 3.11. The highest BCUT2D eigenvalue weighted by Crippen LogP contribution is 2.06. The summed E-state index contributed by atoms with van der Waals surface area (Å²) in [5.74, 6) is -0.159. The van der Waals surface area contributed by atoms with E-state index in [0.717, 1.165) is 6.42 Å². The van der Waals surface area contributed by atoms with Crippen molar-refractivity contribution in [3.8, 4) is 0 Å². The first-order chi connectivity index (χ1) is 11.2. The predicted molar refractivity (Wildman–Crippen MR) is 84.6 cm³/mol. The van der Waals surface area contributed by atoms with E-state index in [1.165, 1.54) is 18.5 Å². The van der Waals surface area contributed by atoms with Gasteiger partial charge in [-0.3, -0.25) is 4.79 Å². The Labute approximate surface area is 134 Å². The number of nitrogens with one attached hydrogen (secondary N) is 2. The first kappa shape index (κ1) is 16.8. The van der Waals surface area contributed by atoms with Gasteiger partial charge >= 0.3 is 0 Å². The summed E-state index contributed by atoms with van der Waals surface area (Å²) in [4.78, 5) is 20.1. The largest absolute Gasteiger partial charge is 0.385 e. The van der Waals surface area contributed by atoms with Gasteiger partial charge in [0, 0.05) is 32.4 Å². The Morgan fingerprint density at radius 3 is 2.78 bits per heavy atom. The maximum absolute atomic E-state index is 13.5. The number of carbonyl (C=O) groups excluding carboxylic acids is 1. The van der Waals surface area contributed by atoms with Crippen LogP contribution >= 0.6 is 0 Å². The van der Waals surface area contributed by atoms with E-state index in [-0.39, 0.29) is 18.1 Å². The van der Waals surface area contributed by atoms with Gasteiger partial charge in [-0.05, 0) is 12.5 Å². The molecule has 0 saturated carbocycles. The van der Waals surface area contributed by atoms with Gasteiger partial charge in [-0.2, -0.15) is 0 Å². The van der Waals surface area contributed by atoms with Gasteiger partial charge < -0.3 is 15.4 Å². The van der Waals surface area contributed by atoms with E-state index >= 15 is 0 Å². The summed E-state index contributed by atoms with van der Waals surface area (Å²) in [6.07, 6.45) is 3.73. The molecule has 0 atom stereocenters. The molecule has 0 unspecified atom stereocenters. The van der Waals surface area contributed by atoms with Gasteiger partial charge in [-0.25, -0.2) is 14.4 Å². The number of aromatic nitrogens is 2. The van der Waals surface area contributed by atoms with E-state index < -0.39 is 5.91 Å². The number of carbonyl (C=O) groups is 1. The lowest BCUT2D eigenvalue weighted by atomic mass is 10.2. The highest BCUT2D eigenvalue weighted by molar-refractivity contribution is 5.91. The van der Waals surface area contributed by atoms with Crippen molar-refractivity contribution >= 4 is 11.7 Å². The first-order valence-corrected chi connectivity index (χ1v) is 7.27. The quantitative estimate of drug-likeness (QED) is 0.728. The summed E-state index contributed by atoms with van der Waals surface area (Å²) in [5, 5.41) is 5.69. The minimum absolute atomic E-state index is 0.101. The van der Waals surface area contributed by atoms with Crippen molar-refractivity contribution < 1.29 is 13.9 Å². The van der Waals surface area contributed by atoms with Crippen molar-refractivity contribution in [1.29, 1.82) is 0 Å². The minimum atomic E-state index is -0.397. The lowest BCUT2D eigenvalue weighted by Crippen LogP contribution is -2.24. The average molecular weight is 318 g/mol. The minimum Gasteiger partial charge on any atom is -0.385 e. The van der Waals surface area contributed by atoms with Gasteiger partial charge in [-0.1, -0.05) is 18.2 Å². The van der Waals surface area contributed by atoms with Gasteiger partial charge in [0.15, 0.2) is 0 Å². The van der Waals surface area contributed by atoms with Crippen LogP contribution in [0.3, 0.4) is 0 Å². The van der Waals surface area contributed by atoms with E-state index in [1.807, 2.05) is 0 Å². The van der Waals surface area contributed by atoms with Crippen LogP contribution in [0.1, 0.15) is 22.5 Å². The summed E-state index contributed by atoms with van der Waals surface area (Å²) in [5.41, 5.74) is 0.606. The lowest BCUT2D eigenvalue weighted by molar-refractivity contribution is 0.0945. The van der Waals surface area contributed by atoms with Crippen LogP contribution in [0.15, 0.2) is 36.7 Å². The van der Waals surface area contributed by atoms with E-state index in [9.17, 15) is 9.18 Å². The van der Waals surface area contributed by atoms with Crippen LogP contribution in [0, 0.1) is 5.82 Å². The third kappa shape index (κ3) is 5.30. The van der Waals surface area contributed by atoms with Crippen LogP contribution in [-0.4, -0.2) is 36.1 Å². The maximum Gasteiger partial charge on any atom is 0.271 e. The molecule has 2 aromatic rings. The molecule has 7 heteroatoms. The molecule has 23 heavy (non-hydrogen) atoms. The van der Waals surface area contributed by atoms with Crippen LogP contribution in [0.25, 0.3) is 0 Å². The summed E-state index contributed by atoms with van der Waals surface area (Å²) >= 11 is 0. The number of amides is 1. The molecule has 0 aliphatic heterocycles. The number of hydrogen-bond donors (Lipinski definition) is 2. The van der Waals surface area contributed by atoms with Crippen molar-refractivity contribution in [2.75, 3.05) is 25.6 Å². The fraction of sp³-hybridized carbons (Fsp3) is 0.312. The number of benzene rings is 1. The second-order valence-electron chi connectivity index (χ2n) is 4.83. The van der Waals surface area contributed by atoms with E-state index in [2.05, 4.69) is 20.6 Å². The van der Waals surface area contributed by atoms with Crippen molar-refractivity contribution in [2.45, 2.75) is 13.0 Å². The van der Waals surface area contributed by atoms with Gasteiger partial charge in [0.05, 0.1) is 12.4 Å². The second kappa shape index (κ2) is 8.79. The molecule has 2 rings (SSSR count). The molecule has 1 heterocycles. The smallest absolute Gasteiger partial charge is 0.271 e. The molecule has 6 nitrogen and oxygen atoms in total. The summed E-state index contributed by atoms with van der Waals surface area (Å²) in [7, 11) is 1.65. The summed E-state index contributed by atoms with van der Waals surface area (Å²) in [6, 6.07) is 6.29. The SMILES string of the molecule is COCCCNc1cnc(C(=O)NCc2ccccc2F)cn1. The summed E-state index contributed by atoms with van der Waals surface area (Å²) in [6.45, 7) is 1.47. The number of ether oxygens (including phenoxy) is 1. The maximum atomic E-state index is 13.5. The number of rotatable bonds is 8. The van der Waals surface area contributed by atoms with Gasteiger partial charge in [0.2, 0.25) is 0 Å². The normalized spacial score (nSPS) is 10.3. The standard InChI is InChI=1S/C16H19FN4O2/c1-23-8-4-7-18-15-11-19-14(10-20-15)16(22)21-9-12-5-2-3-6-13(12)17/h2-3,5-6,10-11H,4,7-9H2,1H3,(H,18,20)(H,21,22). The number of anilines is 1. The zero-order valence-corrected chi connectivity index (χ0v) is 12.9. The highest BCUT2D eigenvalue weighted by Gasteiger charge is 2.09. The summed E-state index contributed by atoms with van der Waals surface area (Å²) < 4.78 is 18.4. The Hall–Kier alpha value is -2.54. The van der Waals surface area contributed by atoms with Crippen LogP contribution in [0.4, 0.5) is 10.2 Å². The van der Waals surface area contributed by atoms with Gasteiger partial charge in [0.25, 0.3) is 5.91 Å². The monoisotopic (exact) mass is 318 g/mol. The van der Waals surface area contributed by atoms with E-state index in [1.54, 1.807) is 25.3 Å². The fourth-order valence-electron chi connectivity index (χ4n) is 1.88. The number of methoxy groups -OCH3 is 1. The lowest BCUT2D eigenvalue weighted by Gasteiger charge is -2.07. The van der Waals surface area contributed by atoms with Crippen LogP contribution < -0.4 is 10.6 Å². The molecule has 0 fully saturated rings. The molecule has 1 amide bonds. The molecule has 0 radical (unpaired) electrons. The van der Waals surface area contributed by atoms with E-state index in [0.29, 0.717) is 24.5 Å². The number of nitrogens with zero attached hydrogens (tertiary/aromatic N) is 2. The Morgan fingerprint density at radius 2 is 2.09 bits per heavy atom. The van der Waals surface area contributed by atoms with Crippen molar-refractivity contribution in [2.24, 2.45) is 0 Å². The fourth-order valence-corrected chi connectivity index (χ4v) is 1.88. The molecule has 0 spiro atoms. The van der Waals surface area contributed by atoms with Crippen molar-refractivity contribution in [3.05, 3.63) is 53.7 Å². The highest BCUT2D eigenvalue weighted by atomic mass is 19.1. The molecule has 1 aromatic carbocycles. The number of halogens is 1. The molecule has 0 saturated heterocycles. The first-order valence-electron chi connectivity index (χ1n) is 7.27. The molecular weight excluding hydrogens is 299 g/mol. The number of hydrogen-bond acceptors (Lipinski definition) is 5. The van der Waals surface area contributed by atoms with E-state index in [4.69, 9.17) is 4.74 Å².